The van der Waals surface area contributed by atoms with Crippen LogP contribution in [0.1, 0.15) is 5.56 Å². The first-order valence-corrected chi connectivity index (χ1v) is 7.62. The van der Waals surface area contributed by atoms with Crippen molar-refractivity contribution in [2.24, 2.45) is 0 Å². The molecular formula is C16H22F2N2O3. The van der Waals surface area contributed by atoms with Crippen molar-refractivity contribution >= 4 is 5.91 Å². The lowest BCUT2D eigenvalue weighted by molar-refractivity contribution is -0.130. The van der Waals surface area contributed by atoms with Crippen LogP contribution in [0.15, 0.2) is 18.2 Å². The van der Waals surface area contributed by atoms with E-state index in [1.807, 2.05) is 0 Å². The van der Waals surface area contributed by atoms with Crippen LogP contribution < -0.4 is 0 Å². The van der Waals surface area contributed by atoms with E-state index in [2.05, 4.69) is 4.90 Å². The number of likely N-dealkylation sites (N-methyl/N-ethyl adjacent to an activating group) is 1. The second-order valence-corrected chi connectivity index (χ2v) is 5.75. The summed E-state index contributed by atoms with van der Waals surface area (Å²) in [5, 5.41) is 10.1. The van der Waals surface area contributed by atoms with Crippen LogP contribution in [-0.4, -0.2) is 73.4 Å². The van der Waals surface area contributed by atoms with Crippen LogP contribution in [0.4, 0.5) is 8.78 Å². The first-order valence-electron chi connectivity index (χ1n) is 7.62. The number of ether oxygens (including phenoxy) is 1. The molecule has 128 valence electrons. The summed E-state index contributed by atoms with van der Waals surface area (Å²) >= 11 is 0. The van der Waals surface area contributed by atoms with Gasteiger partial charge in [-0.15, -0.1) is 0 Å². The zero-order valence-electron chi connectivity index (χ0n) is 13.2. The molecule has 1 aliphatic heterocycles. The van der Waals surface area contributed by atoms with Crippen molar-refractivity contribution in [1.29, 1.82) is 0 Å². The number of aliphatic hydroxyl groups is 1. The quantitative estimate of drug-likeness (QED) is 0.833. The van der Waals surface area contributed by atoms with Gasteiger partial charge in [0.1, 0.15) is 11.6 Å². The van der Waals surface area contributed by atoms with Crippen molar-refractivity contribution in [2.45, 2.75) is 12.5 Å². The monoisotopic (exact) mass is 328 g/mol. The Morgan fingerprint density at radius 3 is 2.74 bits per heavy atom. The van der Waals surface area contributed by atoms with Crippen molar-refractivity contribution in [1.82, 2.24) is 9.80 Å². The summed E-state index contributed by atoms with van der Waals surface area (Å²) in [5.41, 5.74) is 0.144. The molecule has 1 atom stereocenters. The highest BCUT2D eigenvalue weighted by atomic mass is 19.1. The van der Waals surface area contributed by atoms with Gasteiger partial charge in [0, 0.05) is 39.3 Å². The molecular weight excluding hydrogens is 306 g/mol. The second kappa shape index (κ2) is 8.33. The zero-order valence-corrected chi connectivity index (χ0v) is 13.2. The number of carbonyl (C=O) groups excluding carboxylic acids is 1. The van der Waals surface area contributed by atoms with Gasteiger partial charge in [-0.05, 0) is 11.6 Å². The van der Waals surface area contributed by atoms with Crippen LogP contribution in [0, 0.1) is 11.6 Å². The maximum Gasteiger partial charge on any atom is 0.226 e. The predicted octanol–water partition coefficient (Wildman–Crippen LogP) is 0.659. The van der Waals surface area contributed by atoms with Gasteiger partial charge in [0.2, 0.25) is 5.91 Å². The highest BCUT2D eigenvalue weighted by molar-refractivity contribution is 5.78. The van der Waals surface area contributed by atoms with Gasteiger partial charge < -0.3 is 14.7 Å². The van der Waals surface area contributed by atoms with Crippen molar-refractivity contribution in [2.75, 3.05) is 46.4 Å². The number of benzene rings is 1. The Hall–Kier alpha value is -1.57. The summed E-state index contributed by atoms with van der Waals surface area (Å²) in [6.07, 6.45) is -0.840. The fraction of sp³-hybridized carbons (Fsp3) is 0.562. The molecule has 0 radical (unpaired) electrons. The van der Waals surface area contributed by atoms with Gasteiger partial charge in [-0.25, -0.2) is 8.78 Å². The van der Waals surface area contributed by atoms with Gasteiger partial charge in [-0.3, -0.25) is 9.69 Å². The number of morpholine rings is 1. The average Bonchev–Trinajstić information content (AvgIpc) is 2.50. The lowest BCUT2D eigenvalue weighted by Crippen LogP contribution is -2.45. The molecule has 0 aliphatic carbocycles. The van der Waals surface area contributed by atoms with Gasteiger partial charge in [-0.1, -0.05) is 6.07 Å². The Balaban J connectivity index is 1.81. The minimum Gasteiger partial charge on any atom is -0.390 e. The Morgan fingerprint density at radius 2 is 2.09 bits per heavy atom. The van der Waals surface area contributed by atoms with Crippen molar-refractivity contribution in [3.8, 4) is 0 Å². The Labute approximate surface area is 134 Å². The second-order valence-electron chi connectivity index (χ2n) is 5.75. The fourth-order valence-corrected chi connectivity index (χ4v) is 2.52. The van der Waals surface area contributed by atoms with E-state index in [9.17, 15) is 18.7 Å². The Morgan fingerprint density at radius 1 is 1.39 bits per heavy atom. The molecule has 0 bridgehead atoms. The van der Waals surface area contributed by atoms with E-state index in [1.54, 1.807) is 7.05 Å². The van der Waals surface area contributed by atoms with E-state index >= 15 is 0 Å². The van der Waals surface area contributed by atoms with Gasteiger partial charge in [0.25, 0.3) is 0 Å². The Bertz CT molecular complexity index is 536. The molecule has 1 N–H and O–H groups in total. The molecule has 1 saturated heterocycles. The van der Waals surface area contributed by atoms with Crippen LogP contribution in [0.25, 0.3) is 0 Å². The lowest BCUT2D eigenvalue weighted by Gasteiger charge is -2.30. The molecule has 1 unspecified atom stereocenters. The molecule has 1 fully saturated rings. The minimum absolute atomic E-state index is 0.144. The predicted molar refractivity (Wildman–Crippen MR) is 81.0 cm³/mol. The van der Waals surface area contributed by atoms with Crippen LogP contribution in [0.3, 0.4) is 0 Å². The number of nitrogens with zero attached hydrogens (tertiary/aromatic N) is 2. The van der Waals surface area contributed by atoms with E-state index in [0.29, 0.717) is 19.8 Å². The number of aliphatic hydroxyl groups excluding tert-OH is 1. The van der Waals surface area contributed by atoms with E-state index in [0.717, 1.165) is 25.2 Å². The highest BCUT2D eigenvalue weighted by Gasteiger charge is 2.19. The van der Waals surface area contributed by atoms with Gasteiger partial charge in [-0.2, -0.15) is 0 Å². The topological polar surface area (TPSA) is 53.0 Å². The van der Waals surface area contributed by atoms with Crippen molar-refractivity contribution < 1.29 is 23.4 Å². The van der Waals surface area contributed by atoms with Gasteiger partial charge >= 0.3 is 0 Å². The summed E-state index contributed by atoms with van der Waals surface area (Å²) in [4.78, 5) is 15.5. The summed E-state index contributed by atoms with van der Waals surface area (Å²) in [6, 6.07) is 3.15. The van der Waals surface area contributed by atoms with Crippen LogP contribution in [0.5, 0.6) is 0 Å². The summed E-state index contributed by atoms with van der Waals surface area (Å²) < 4.78 is 31.7. The Kier molecular flexibility index (Phi) is 6.44. The maximum absolute atomic E-state index is 13.6. The van der Waals surface area contributed by atoms with Crippen LogP contribution >= 0.6 is 0 Å². The number of rotatable bonds is 6. The maximum atomic E-state index is 13.6. The molecule has 0 aromatic heterocycles. The molecule has 0 spiro atoms. The van der Waals surface area contributed by atoms with Crippen LogP contribution in [0.2, 0.25) is 0 Å². The number of carbonyl (C=O) groups is 1. The molecule has 2 rings (SSSR count). The smallest absolute Gasteiger partial charge is 0.226 e. The molecule has 1 aromatic carbocycles. The zero-order chi connectivity index (χ0) is 16.8. The standard InChI is InChI=1S/C16H22F2N2O3/c1-19(10-14(21)11-20-4-6-23-7-5-20)16(22)8-12-2-3-13(17)9-15(12)18/h2-3,9,14,21H,4-8,10-11H2,1H3. The molecule has 1 aliphatic rings. The number of hydrogen-bond acceptors (Lipinski definition) is 4. The number of halogens is 2. The lowest BCUT2D eigenvalue weighted by atomic mass is 10.1. The minimum atomic E-state index is -0.736. The molecule has 7 heteroatoms. The highest BCUT2D eigenvalue weighted by Crippen LogP contribution is 2.11. The van der Waals surface area contributed by atoms with Gasteiger partial charge in [0.15, 0.2) is 0 Å². The van der Waals surface area contributed by atoms with E-state index in [-0.39, 0.29) is 24.4 Å². The summed E-state index contributed by atoms with van der Waals surface area (Å²) in [6.45, 7) is 3.44. The molecule has 0 saturated carbocycles. The fourth-order valence-electron chi connectivity index (χ4n) is 2.52. The van der Waals surface area contributed by atoms with Gasteiger partial charge in [0.05, 0.1) is 25.7 Å². The SMILES string of the molecule is CN(CC(O)CN1CCOCC1)C(=O)Cc1ccc(F)cc1F. The van der Waals surface area contributed by atoms with E-state index in [4.69, 9.17) is 4.74 Å². The van der Waals surface area contributed by atoms with Crippen molar-refractivity contribution in [3.63, 3.8) is 0 Å². The number of β-amino-alcohol motifs (C(OH)–C–C–N with tert-alkyl or cyclic N) is 1. The third kappa shape index (κ3) is 5.53. The largest absolute Gasteiger partial charge is 0.390 e. The normalized spacial score (nSPS) is 17.0. The first-order chi connectivity index (χ1) is 11.0. The van der Waals surface area contributed by atoms with Crippen LogP contribution in [-0.2, 0) is 16.0 Å². The average molecular weight is 328 g/mol. The molecule has 5 nitrogen and oxygen atoms in total. The molecule has 1 heterocycles. The summed E-state index contributed by atoms with van der Waals surface area (Å²) in [5.74, 6) is -1.73. The number of hydrogen-bond donors (Lipinski definition) is 1. The van der Waals surface area contributed by atoms with Crippen molar-refractivity contribution in [3.05, 3.63) is 35.4 Å². The number of amides is 1. The first kappa shape index (κ1) is 17.8. The van der Waals surface area contributed by atoms with E-state index in [1.165, 1.54) is 11.0 Å². The third-order valence-corrected chi connectivity index (χ3v) is 3.84. The third-order valence-electron chi connectivity index (χ3n) is 3.84. The van der Waals surface area contributed by atoms with E-state index < -0.39 is 17.7 Å². The molecule has 1 amide bonds. The molecule has 23 heavy (non-hydrogen) atoms. The summed E-state index contributed by atoms with van der Waals surface area (Å²) in [7, 11) is 1.56. The molecule has 1 aromatic rings.